The minimum atomic E-state index is -0.399. The van der Waals surface area contributed by atoms with Crippen molar-refractivity contribution in [2.24, 2.45) is 0 Å². The summed E-state index contributed by atoms with van der Waals surface area (Å²) in [7, 11) is 0. The minimum Gasteiger partial charge on any atom is -0.306 e. The second kappa shape index (κ2) is 4.99. The molecule has 0 aliphatic rings. The Kier molecular flexibility index (Phi) is 3.90. The van der Waals surface area contributed by atoms with Gasteiger partial charge in [0.1, 0.15) is 0 Å². The summed E-state index contributed by atoms with van der Waals surface area (Å²) in [6.45, 7) is 7.55. The molecule has 1 aromatic carbocycles. The van der Waals surface area contributed by atoms with Crippen molar-refractivity contribution in [1.82, 2.24) is 5.48 Å². The second-order valence-electron chi connectivity index (χ2n) is 4.64. The van der Waals surface area contributed by atoms with Crippen molar-refractivity contribution in [1.29, 1.82) is 0 Å². The number of benzene rings is 1. The molecule has 0 saturated heterocycles. The Balaban J connectivity index is 2.46. The summed E-state index contributed by atoms with van der Waals surface area (Å²) in [5.74, 6) is 0. The Hall–Kier alpha value is -1.55. The molecule has 2 N–H and O–H groups in total. The fraction of sp³-hybridized carbons (Fsp3) is 0.417. The summed E-state index contributed by atoms with van der Waals surface area (Å²) in [5, 5.41) is 2.68. The van der Waals surface area contributed by atoms with Gasteiger partial charge < -0.3 is 5.32 Å². The number of rotatable bonds is 2. The topological polar surface area (TPSA) is 50.4 Å². The Labute approximate surface area is 95.9 Å². The van der Waals surface area contributed by atoms with Gasteiger partial charge in [-0.3, -0.25) is 4.84 Å². The van der Waals surface area contributed by atoms with Gasteiger partial charge in [-0.2, -0.15) is 0 Å². The van der Waals surface area contributed by atoms with Gasteiger partial charge in [0.05, 0.1) is 5.60 Å². The van der Waals surface area contributed by atoms with Gasteiger partial charge in [-0.25, -0.2) is 10.3 Å². The van der Waals surface area contributed by atoms with Gasteiger partial charge in [0.15, 0.2) is 0 Å². The number of nitrogens with one attached hydrogen (secondary N) is 2. The van der Waals surface area contributed by atoms with Gasteiger partial charge in [0.25, 0.3) is 0 Å². The maximum atomic E-state index is 11.4. The molecule has 16 heavy (non-hydrogen) atoms. The monoisotopic (exact) mass is 222 g/mol. The Morgan fingerprint density at radius 2 is 2.00 bits per heavy atom. The zero-order valence-corrected chi connectivity index (χ0v) is 10.1. The predicted molar refractivity (Wildman–Crippen MR) is 64.2 cm³/mol. The van der Waals surface area contributed by atoms with E-state index in [0.29, 0.717) is 0 Å². The molecule has 0 radical (unpaired) electrons. The molecule has 0 unspecified atom stereocenters. The van der Waals surface area contributed by atoms with Crippen LogP contribution in [0.4, 0.5) is 10.5 Å². The highest BCUT2D eigenvalue weighted by Crippen LogP contribution is 2.09. The lowest BCUT2D eigenvalue weighted by Crippen LogP contribution is -2.36. The predicted octanol–water partition coefficient (Wildman–Crippen LogP) is 2.85. The largest absolute Gasteiger partial charge is 0.343 e. The minimum absolute atomic E-state index is 0.375. The number of anilines is 1. The van der Waals surface area contributed by atoms with Crippen LogP contribution in [0.5, 0.6) is 0 Å². The number of carbonyl (C=O) groups excluding carboxylic acids is 1. The van der Waals surface area contributed by atoms with Crippen LogP contribution in [0.3, 0.4) is 0 Å². The van der Waals surface area contributed by atoms with Gasteiger partial charge in [0.2, 0.25) is 0 Å². The van der Waals surface area contributed by atoms with E-state index in [1.54, 1.807) is 0 Å². The van der Waals surface area contributed by atoms with Crippen LogP contribution in [0.15, 0.2) is 24.3 Å². The number of urea groups is 1. The molecule has 1 aromatic rings. The average Bonchev–Trinajstić information content (AvgIpc) is 2.14. The first-order valence-corrected chi connectivity index (χ1v) is 5.18. The van der Waals surface area contributed by atoms with E-state index in [2.05, 4.69) is 10.8 Å². The normalized spacial score (nSPS) is 11.0. The third-order valence-corrected chi connectivity index (χ3v) is 1.73. The summed E-state index contributed by atoms with van der Waals surface area (Å²) in [4.78, 5) is 16.6. The number of hydroxylamine groups is 1. The van der Waals surface area contributed by atoms with Gasteiger partial charge in [-0.15, -0.1) is 0 Å². The van der Waals surface area contributed by atoms with Crippen LogP contribution in [-0.2, 0) is 4.84 Å². The molecule has 0 bridgehead atoms. The fourth-order valence-corrected chi connectivity index (χ4v) is 1.08. The molecule has 0 atom stereocenters. The van der Waals surface area contributed by atoms with Crippen molar-refractivity contribution in [2.45, 2.75) is 33.3 Å². The number of aryl methyl sites for hydroxylation is 1. The second-order valence-corrected chi connectivity index (χ2v) is 4.64. The van der Waals surface area contributed by atoms with Crippen molar-refractivity contribution < 1.29 is 9.63 Å². The van der Waals surface area contributed by atoms with Gasteiger partial charge in [-0.05, 0) is 45.4 Å². The molecule has 2 amide bonds. The number of amides is 2. The number of hydrogen-bond acceptors (Lipinski definition) is 2. The van der Waals surface area contributed by atoms with Crippen LogP contribution in [0.25, 0.3) is 0 Å². The Bertz CT molecular complexity index is 370. The average molecular weight is 222 g/mol. The first kappa shape index (κ1) is 12.5. The first-order chi connectivity index (χ1) is 7.37. The highest BCUT2D eigenvalue weighted by atomic mass is 16.7. The molecule has 0 fully saturated rings. The molecule has 1 rings (SSSR count). The molecule has 0 aliphatic carbocycles. The van der Waals surface area contributed by atoms with E-state index in [4.69, 9.17) is 4.84 Å². The fourth-order valence-electron chi connectivity index (χ4n) is 1.08. The summed E-state index contributed by atoms with van der Waals surface area (Å²) in [6.07, 6.45) is 0. The zero-order chi connectivity index (χ0) is 12.2. The van der Waals surface area contributed by atoms with Crippen molar-refractivity contribution in [3.63, 3.8) is 0 Å². The van der Waals surface area contributed by atoms with E-state index in [0.717, 1.165) is 11.3 Å². The summed E-state index contributed by atoms with van der Waals surface area (Å²) in [6, 6.07) is 7.19. The van der Waals surface area contributed by atoms with Crippen LogP contribution in [0, 0.1) is 6.92 Å². The number of carbonyl (C=O) groups is 1. The molecule has 4 heteroatoms. The van der Waals surface area contributed by atoms with E-state index in [9.17, 15) is 4.79 Å². The highest BCUT2D eigenvalue weighted by molar-refractivity contribution is 5.88. The molecular weight excluding hydrogens is 204 g/mol. The highest BCUT2D eigenvalue weighted by Gasteiger charge is 2.12. The number of hydrogen-bond donors (Lipinski definition) is 2. The molecule has 0 heterocycles. The smallest absolute Gasteiger partial charge is 0.306 e. The molecule has 0 spiro atoms. The summed E-state index contributed by atoms with van der Waals surface area (Å²) in [5.41, 5.74) is 3.78. The lowest BCUT2D eigenvalue weighted by atomic mass is 10.2. The lowest BCUT2D eigenvalue weighted by Gasteiger charge is -2.19. The molecule has 0 aromatic heterocycles. The molecule has 0 saturated carbocycles. The molecular formula is C12H18N2O2. The van der Waals surface area contributed by atoms with E-state index in [1.165, 1.54) is 0 Å². The van der Waals surface area contributed by atoms with Gasteiger partial charge >= 0.3 is 6.03 Å². The summed E-state index contributed by atoms with van der Waals surface area (Å²) < 4.78 is 0. The Morgan fingerprint density at radius 1 is 1.31 bits per heavy atom. The quantitative estimate of drug-likeness (QED) is 0.756. The Morgan fingerprint density at radius 3 is 2.56 bits per heavy atom. The SMILES string of the molecule is Cc1cccc(NC(=O)NOC(C)(C)C)c1. The first-order valence-electron chi connectivity index (χ1n) is 5.18. The van der Waals surface area contributed by atoms with E-state index in [-0.39, 0.29) is 6.03 Å². The zero-order valence-electron chi connectivity index (χ0n) is 10.1. The third-order valence-electron chi connectivity index (χ3n) is 1.73. The van der Waals surface area contributed by atoms with Crippen molar-refractivity contribution in [2.75, 3.05) is 5.32 Å². The maximum Gasteiger partial charge on any atom is 0.343 e. The van der Waals surface area contributed by atoms with Gasteiger partial charge in [-0.1, -0.05) is 12.1 Å². The van der Waals surface area contributed by atoms with E-state index >= 15 is 0 Å². The molecule has 88 valence electrons. The van der Waals surface area contributed by atoms with Crippen molar-refractivity contribution in [3.8, 4) is 0 Å². The van der Waals surface area contributed by atoms with Crippen molar-refractivity contribution in [3.05, 3.63) is 29.8 Å². The van der Waals surface area contributed by atoms with Crippen LogP contribution in [0.1, 0.15) is 26.3 Å². The summed E-state index contributed by atoms with van der Waals surface area (Å²) >= 11 is 0. The van der Waals surface area contributed by atoms with Crippen molar-refractivity contribution >= 4 is 11.7 Å². The molecule has 0 aliphatic heterocycles. The van der Waals surface area contributed by atoms with Crippen LogP contribution < -0.4 is 10.8 Å². The van der Waals surface area contributed by atoms with E-state index in [1.807, 2.05) is 52.0 Å². The van der Waals surface area contributed by atoms with Gasteiger partial charge in [0, 0.05) is 5.69 Å². The molecule has 4 nitrogen and oxygen atoms in total. The van der Waals surface area contributed by atoms with E-state index < -0.39 is 5.60 Å². The standard InChI is InChI=1S/C12H18N2O2/c1-9-6-5-7-10(8-9)13-11(15)14-16-12(2,3)4/h5-8H,1-4H3,(H2,13,14,15). The lowest BCUT2D eigenvalue weighted by molar-refractivity contribution is -0.0505. The van der Waals surface area contributed by atoms with Crippen LogP contribution in [-0.4, -0.2) is 11.6 Å². The van der Waals surface area contributed by atoms with Crippen LogP contribution >= 0.6 is 0 Å². The maximum absolute atomic E-state index is 11.4. The van der Waals surface area contributed by atoms with Crippen LogP contribution in [0.2, 0.25) is 0 Å². The third kappa shape index (κ3) is 4.79.